The van der Waals surface area contributed by atoms with Crippen LogP contribution < -0.4 is 10.7 Å². The molecule has 0 aliphatic carbocycles. The van der Waals surface area contributed by atoms with Crippen molar-refractivity contribution in [3.05, 3.63) is 0 Å². The highest BCUT2D eigenvalue weighted by Crippen LogP contribution is 2.15. The molecule has 0 spiro atoms. The molecule has 0 radical (unpaired) electrons. The van der Waals surface area contributed by atoms with Crippen LogP contribution in [0.3, 0.4) is 0 Å². The Morgan fingerprint density at radius 2 is 2.23 bits per heavy atom. The third-order valence-electron chi connectivity index (χ3n) is 2.43. The minimum Gasteiger partial charge on any atom is -0.313 e. The van der Waals surface area contributed by atoms with E-state index in [0.29, 0.717) is 6.04 Å². The molecule has 2 unspecified atom stereocenters. The summed E-state index contributed by atoms with van der Waals surface area (Å²) in [6.45, 7) is 3.10. The number of hydrogen-bond donors (Lipinski definition) is 2. The van der Waals surface area contributed by atoms with E-state index < -0.39 is 0 Å². The molecule has 4 nitrogen and oxygen atoms in total. The van der Waals surface area contributed by atoms with E-state index in [2.05, 4.69) is 17.7 Å². The van der Waals surface area contributed by atoms with Crippen molar-refractivity contribution >= 4 is 5.91 Å². The molecule has 2 N–H and O–H groups in total. The van der Waals surface area contributed by atoms with Gasteiger partial charge in [0.25, 0.3) is 0 Å². The molecular weight excluding hydrogens is 166 g/mol. The van der Waals surface area contributed by atoms with E-state index in [1.54, 1.807) is 5.01 Å². The minimum atomic E-state index is 0.121. The Hall–Kier alpha value is -0.610. The van der Waals surface area contributed by atoms with E-state index in [0.717, 1.165) is 19.4 Å². The van der Waals surface area contributed by atoms with Gasteiger partial charge in [-0.25, -0.2) is 5.01 Å². The van der Waals surface area contributed by atoms with Crippen molar-refractivity contribution in [3.63, 3.8) is 0 Å². The lowest BCUT2D eigenvalue weighted by atomic mass is 9.91. The van der Waals surface area contributed by atoms with E-state index in [1.165, 1.54) is 0 Å². The standard InChI is InChI=1S/C9H19N3O/c1-7-8(5-4-6-10-7)9(13)11-12(2)3/h7-8,10H,4-6H2,1-3H3,(H,11,13). The number of carbonyl (C=O) groups is 1. The summed E-state index contributed by atoms with van der Waals surface area (Å²) in [4.78, 5) is 11.6. The number of nitrogens with zero attached hydrogens (tertiary/aromatic N) is 1. The SMILES string of the molecule is CC1NCCCC1C(=O)NN(C)C. The van der Waals surface area contributed by atoms with Crippen molar-refractivity contribution in [2.45, 2.75) is 25.8 Å². The highest BCUT2D eigenvalue weighted by atomic mass is 16.2. The number of hydrogen-bond acceptors (Lipinski definition) is 3. The van der Waals surface area contributed by atoms with Gasteiger partial charge in [0, 0.05) is 20.1 Å². The first kappa shape index (κ1) is 10.5. The molecule has 76 valence electrons. The second-order valence-corrected chi connectivity index (χ2v) is 3.86. The molecule has 1 fully saturated rings. The Balaban J connectivity index is 2.44. The first-order valence-electron chi connectivity index (χ1n) is 4.82. The quantitative estimate of drug-likeness (QED) is 0.594. The van der Waals surface area contributed by atoms with Gasteiger partial charge in [-0.3, -0.25) is 10.2 Å². The molecule has 4 heteroatoms. The van der Waals surface area contributed by atoms with Crippen LogP contribution in [-0.2, 0) is 4.79 Å². The molecule has 1 amide bonds. The highest BCUT2D eigenvalue weighted by molar-refractivity contribution is 5.78. The third-order valence-corrected chi connectivity index (χ3v) is 2.43. The first-order valence-corrected chi connectivity index (χ1v) is 4.82. The lowest BCUT2D eigenvalue weighted by Crippen LogP contribution is -2.49. The second-order valence-electron chi connectivity index (χ2n) is 3.86. The van der Waals surface area contributed by atoms with E-state index >= 15 is 0 Å². The molecule has 0 aromatic rings. The van der Waals surface area contributed by atoms with Gasteiger partial charge in [-0.15, -0.1) is 0 Å². The van der Waals surface area contributed by atoms with Gasteiger partial charge in [-0.2, -0.15) is 0 Å². The molecule has 2 atom stereocenters. The summed E-state index contributed by atoms with van der Waals surface area (Å²) < 4.78 is 0. The third kappa shape index (κ3) is 2.97. The Morgan fingerprint density at radius 3 is 2.77 bits per heavy atom. The van der Waals surface area contributed by atoms with Crippen LogP contribution >= 0.6 is 0 Å². The van der Waals surface area contributed by atoms with Crippen molar-refractivity contribution in [2.75, 3.05) is 20.6 Å². The second kappa shape index (κ2) is 4.58. The highest BCUT2D eigenvalue weighted by Gasteiger charge is 2.27. The largest absolute Gasteiger partial charge is 0.313 e. The summed E-state index contributed by atoms with van der Waals surface area (Å²) in [5.74, 6) is 0.251. The van der Waals surface area contributed by atoms with Crippen molar-refractivity contribution in [2.24, 2.45) is 5.92 Å². The van der Waals surface area contributed by atoms with E-state index in [1.807, 2.05) is 14.1 Å². The molecule has 0 saturated carbocycles. The van der Waals surface area contributed by atoms with Gasteiger partial charge in [0.05, 0.1) is 5.92 Å². The minimum absolute atomic E-state index is 0.121. The van der Waals surface area contributed by atoms with Crippen LogP contribution in [0.2, 0.25) is 0 Å². The zero-order valence-corrected chi connectivity index (χ0v) is 8.63. The molecule has 1 saturated heterocycles. The van der Waals surface area contributed by atoms with Crippen LogP contribution in [0.25, 0.3) is 0 Å². The van der Waals surface area contributed by atoms with Gasteiger partial charge in [0.15, 0.2) is 0 Å². The zero-order chi connectivity index (χ0) is 9.84. The van der Waals surface area contributed by atoms with Gasteiger partial charge in [0.2, 0.25) is 5.91 Å². The number of rotatable bonds is 2. The van der Waals surface area contributed by atoms with Gasteiger partial charge in [-0.05, 0) is 26.3 Å². The van der Waals surface area contributed by atoms with E-state index in [9.17, 15) is 4.79 Å². The van der Waals surface area contributed by atoms with Gasteiger partial charge in [-0.1, -0.05) is 0 Å². The average Bonchev–Trinajstić information content (AvgIpc) is 2.03. The van der Waals surface area contributed by atoms with Crippen molar-refractivity contribution < 1.29 is 4.79 Å². The monoisotopic (exact) mass is 185 g/mol. The molecule has 0 aromatic carbocycles. The Labute approximate surface area is 79.6 Å². The molecular formula is C9H19N3O. The predicted octanol–water partition coefficient (Wildman–Crippen LogP) is -0.0327. The van der Waals surface area contributed by atoms with Gasteiger partial charge < -0.3 is 5.32 Å². The summed E-state index contributed by atoms with van der Waals surface area (Å²) in [7, 11) is 3.66. The average molecular weight is 185 g/mol. The molecule has 1 heterocycles. The number of hydrazine groups is 1. The summed E-state index contributed by atoms with van der Waals surface area (Å²) in [6.07, 6.45) is 2.09. The van der Waals surface area contributed by atoms with E-state index in [4.69, 9.17) is 0 Å². The van der Waals surface area contributed by atoms with Crippen molar-refractivity contribution in [1.82, 2.24) is 15.8 Å². The molecule has 0 aromatic heterocycles. The number of amides is 1. The molecule has 0 bridgehead atoms. The first-order chi connectivity index (χ1) is 6.11. The lowest BCUT2D eigenvalue weighted by molar-refractivity contribution is -0.130. The smallest absolute Gasteiger partial charge is 0.238 e. The van der Waals surface area contributed by atoms with Crippen LogP contribution in [0, 0.1) is 5.92 Å². The maximum atomic E-state index is 11.6. The fourth-order valence-electron chi connectivity index (χ4n) is 1.71. The predicted molar refractivity (Wildman–Crippen MR) is 52.0 cm³/mol. The zero-order valence-electron chi connectivity index (χ0n) is 8.63. The Morgan fingerprint density at radius 1 is 1.54 bits per heavy atom. The number of carbonyl (C=O) groups excluding carboxylic acids is 1. The maximum absolute atomic E-state index is 11.6. The number of piperidine rings is 1. The fraction of sp³-hybridized carbons (Fsp3) is 0.889. The topological polar surface area (TPSA) is 44.4 Å². The summed E-state index contributed by atoms with van der Waals surface area (Å²) in [5.41, 5.74) is 2.80. The van der Waals surface area contributed by atoms with Crippen LogP contribution in [0.5, 0.6) is 0 Å². The van der Waals surface area contributed by atoms with Crippen LogP contribution in [-0.4, -0.2) is 37.6 Å². The number of nitrogens with one attached hydrogen (secondary N) is 2. The van der Waals surface area contributed by atoms with E-state index in [-0.39, 0.29) is 11.8 Å². The van der Waals surface area contributed by atoms with Crippen LogP contribution in [0.4, 0.5) is 0 Å². The fourth-order valence-corrected chi connectivity index (χ4v) is 1.71. The summed E-state index contributed by atoms with van der Waals surface area (Å²) in [6, 6.07) is 0.300. The summed E-state index contributed by atoms with van der Waals surface area (Å²) in [5, 5.41) is 5.00. The lowest BCUT2D eigenvalue weighted by Gasteiger charge is -2.29. The van der Waals surface area contributed by atoms with Gasteiger partial charge >= 0.3 is 0 Å². The summed E-state index contributed by atoms with van der Waals surface area (Å²) >= 11 is 0. The Kier molecular flexibility index (Phi) is 3.69. The molecule has 1 aliphatic heterocycles. The molecule has 1 aliphatic rings. The molecule has 13 heavy (non-hydrogen) atoms. The van der Waals surface area contributed by atoms with Gasteiger partial charge in [0.1, 0.15) is 0 Å². The normalized spacial score (nSPS) is 28.9. The van der Waals surface area contributed by atoms with Crippen LogP contribution in [0.1, 0.15) is 19.8 Å². The van der Waals surface area contributed by atoms with Crippen molar-refractivity contribution in [1.29, 1.82) is 0 Å². The maximum Gasteiger partial charge on any atom is 0.238 e. The molecule has 1 rings (SSSR count). The Bertz CT molecular complexity index is 182. The van der Waals surface area contributed by atoms with Crippen LogP contribution in [0.15, 0.2) is 0 Å². The van der Waals surface area contributed by atoms with Crippen molar-refractivity contribution in [3.8, 4) is 0 Å².